The zero-order valence-electron chi connectivity index (χ0n) is 16.7. The molecule has 0 radical (unpaired) electrons. The maximum absolute atomic E-state index is 13.0. The van der Waals surface area contributed by atoms with E-state index in [0.717, 1.165) is 60.9 Å². The summed E-state index contributed by atoms with van der Waals surface area (Å²) in [6.07, 6.45) is 0.950. The van der Waals surface area contributed by atoms with E-state index in [-0.39, 0.29) is 5.91 Å². The number of nitrogens with zero attached hydrogens (tertiary/aromatic N) is 4. The SMILES string of the molecule is Cc1nc2ccc(C(=O)N3CCCN(Cc4cc(C(C)C)on4)CC3)cc2[nH]1. The van der Waals surface area contributed by atoms with Gasteiger partial charge in [-0.05, 0) is 31.5 Å². The van der Waals surface area contributed by atoms with Gasteiger partial charge in [0.15, 0.2) is 0 Å². The average molecular weight is 381 g/mol. The molecule has 0 saturated carbocycles. The van der Waals surface area contributed by atoms with Crippen molar-refractivity contribution in [2.45, 2.75) is 39.7 Å². The van der Waals surface area contributed by atoms with Gasteiger partial charge in [-0.25, -0.2) is 4.98 Å². The summed E-state index contributed by atoms with van der Waals surface area (Å²) < 4.78 is 5.40. The van der Waals surface area contributed by atoms with E-state index in [4.69, 9.17) is 4.52 Å². The van der Waals surface area contributed by atoms with Crippen LogP contribution in [0.25, 0.3) is 11.0 Å². The fourth-order valence-corrected chi connectivity index (χ4v) is 3.69. The van der Waals surface area contributed by atoms with Crippen LogP contribution in [0.5, 0.6) is 0 Å². The lowest BCUT2D eigenvalue weighted by Crippen LogP contribution is -2.35. The number of aromatic amines is 1. The van der Waals surface area contributed by atoms with Crippen LogP contribution in [-0.2, 0) is 6.54 Å². The molecular formula is C21H27N5O2. The monoisotopic (exact) mass is 381 g/mol. The number of carbonyl (C=O) groups excluding carboxylic acids is 1. The number of rotatable bonds is 4. The molecule has 3 heterocycles. The van der Waals surface area contributed by atoms with E-state index < -0.39 is 0 Å². The normalized spacial score (nSPS) is 16.1. The molecule has 1 saturated heterocycles. The van der Waals surface area contributed by atoms with Crippen molar-refractivity contribution in [3.05, 3.63) is 47.1 Å². The molecule has 0 bridgehead atoms. The molecule has 148 valence electrons. The maximum atomic E-state index is 13.0. The van der Waals surface area contributed by atoms with Crippen molar-refractivity contribution in [2.75, 3.05) is 26.2 Å². The molecule has 4 rings (SSSR count). The standard InChI is InChI=1S/C21H27N5O2/c1-14(2)20-12-17(24-28-20)13-25-7-4-8-26(10-9-25)21(27)16-5-6-18-19(11-16)23-15(3)22-18/h5-6,11-12,14H,4,7-10,13H2,1-3H3,(H,22,23). The number of hydrogen-bond acceptors (Lipinski definition) is 5. The number of carbonyl (C=O) groups is 1. The van der Waals surface area contributed by atoms with Gasteiger partial charge in [-0.2, -0.15) is 0 Å². The Labute approximate surface area is 164 Å². The summed E-state index contributed by atoms with van der Waals surface area (Å²) >= 11 is 0. The highest BCUT2D eigenvalue weighted by molar-refractivity contribution is 5.97. The third-order valence-electron chi connectivity index (χ3n) is 5.25. The molecule has 0 unspecified atom stereocenters. The molecule has 1 aromatic carbocycles. The molecule has 3 aromatic rings. The minimum Gasteiger partial charge on any atom is -0.361 e. The van der Waals surface area contributed by atoms with E-state index in [9.17, 15) is 4.79 Å². The van der Waals surface area contributed by atoms with E-state index in [1.807, 2.05) is 36.1 Å². The highest BCUT2D eigenvalue weighted by Crippen LogP contribution is 2.18. The van der Waals surface area contributed by atoms with Crippen molar-refractivity contribution < 1.29 is 9.32 Å². The number of aromatic nitrogens is 3. The van der Waals surface area contributed by atoms with E-state index in [2.05, 4.69) is 33.9 Å². The first-order chi connectivity index (χ1) is 13.5. The Kier molecular flexibility index (Phi) is 5.17. The first-order valence-electron chi connectivity index (χ1n) is 9.93. The Balaban J connectivity index is 1.40. The third-order valence-corrected chi connectivity index (χ3v) is 5.25. The fourth-order valence-electron chi connectivity index (χ4n) is 3.69. The number of benzene rings is 1. The average Bonchev–Trinajstić information content (AvgIpc) is 3.21. The highest BCUT2D eigenvalue weighted by atomic mass is 16.5. The lowest BCUT2D eigenvalue weighted by molar-refractivity contribution is 0.0761. The van der Waals surface area contributed by atoms with Gasteiger partial charge < -0.3 is 14.4 Å². The van der Waals surface area contributed by atoms with Crippen molar-refractivity contribution in [3.63, 3.8) is 0 Å². The van der Waals surface area contributed by atoms with Gasteiger partial charge in [0.2, 0.25) is 0 Å². The third kappa shape index (κ3) is 3.94. The molecule has 1 aliphatic heterocycles. The Morgan fingerprint density at radius 3 is 2.86 bits per heavy atom. The topological polar surface area (TPSA) is 78.3 Å². The second kappa shape index (κ2) is 7.75. The van der Waals surface area contributed by atoms with Crippen LogP contribution < -0.4 is 0 Å². The Morgan fingerprint density at radius 2 is 2.07 bits per heavy atom. The minimum absolute atomic E-state index is 0.0829. The summed E-state index contributed by atoms with van der Waals surface area (Å²) in [7, 11) is 0. The Bertz CT molecular complexity index is 974. The lowest BCUT2D eigenvalue weighted by Gasteiger charge is -2.21. The second-order valence-electron chi connectivity index (χ2n) is 7.85. The molecule has 1 N–H and O–H groups in total. The molecule has 0 atom stereocenters. The molecule has 7 heteroatoms. The van der Waals surface area contributed by atoms with Crippen LogP contribution in [0, 0.1) is 6.92 Å². The van der Waals surface area contributed by atoms with Crippen LogP contribution in [0.4, 0.5) is 0 Å². The van der Waals surface area contributed by atoms with E-state index in [0.29, 0.717) is 18.0 Å². The summed E-state index contributed by atoms with van der Waals surface area (Å²) in [5.41, 5.74) is 3.47. The molecule has 0 aliphatic carbocycles. The summed E-state index contributed by atoms with van der Waals surface area (Å²) in [6.45, 7) is 10.2. The van der Waals surface area contributed by atoms with Gasteiger partial charge in [0.05, 0.1) is 16.7 Å². The van der Waals surface area contributed by atoms with Crippen LogP contribution in [0.15, 0.2) is 28.8 Å². The number of imidazole rings is 1. The zero-order valence-corrected chi connectivity index (χ0v) is 16.7. The fraction of sp³-hybridized carbons (Fsp3) is 0.476. The zero-order chi connectivity index (χ0) is 19.7. The predicted molar refractivity (Wildman–Crippen MR) is 107 cm³/mol. The van der Waals surface area contributed by atoms with Crippen LogP contribution >= 0.6 is 0 Å². The molecule has 1 aliphatic rings. The second-order valence-corrected chi connectivity index (χ2v) is 7.85. The Morgan fingerprint density at radius 1 is 1.21 bits per heavy atom. The first-order valence-corrected chi connectivity index (χ1v) is 9.93. The molecule has 1 fully saturated rings. The van der Waals surface area contributed by atoms with E-state index >= 15 is 0 Å². The van der Waals surface area contributed by atoms with Crippen molar-refractivity contribution in [1.82, 2.24) is 24.9 Å². The van der Waals surface area contributed by atoms with Gasteiger partial charge in [0.25, 0.3) is 5.91 Å². The van der Waals surface area contributed by atoms with Crippen molar-refractivity contribution in [2.24, 2.45) is 0 Å². The summed E-state index contributed by atoms with van der Waals surface area (Å²) in [6, 6.07) is 7.73. The molecule has 7 nitrogen and oxygen atoms in total. The van der Waals surface area contributed by atoms with Gasteiger partial charge in [0, 0.05) is 50.3 Å². The number of fused-ring (bicyclic) bond motifs is 1. The van der Waals surface area contributed by atoms with Gasteiger partial charge in [-0.1, -0.05) is 19.0 Å². The van der Waals surface area contributed by atoms with Crippen molar-refractivity contribution in [3.8, 4) is 0 Å². The quantitative estimate of drug-likeness (QED) is 0.750. The summed E-state index contributed by atoms with van der Waals surface area (Å²) in [5.74, 6) is 2.21. The molecule has 28 heavy (non-hydrogen) atoms. The van der Waals surface area contributed by atoms with Crippen LogP contribution in [0.2, 0.25) is 0 Å². The number of nitrogens with one attached hydrogen (secondary N) is 1. The smallest absolute Gasteiger partial charge is 0.253 e. The Hall–Kier alpha value is -2.67. The first kappa shape index (κ1) is 18.7. The number of aryl methyl sites for hydroxylation is 1. The van der Waals surface area contributed by atoms with Crippen LogP contribution in [0.1, 0.15) is 53.8 Å². The summed E-state index contributed by atoms with van der Waals surface area (Å²) in [4.78, 5) is 24.9. The van der Waals surface area contributed by atoms with Crippen molar-refractivity contribution >= 4 is 16.9 Å². The predicted octanol–water partition coefficient (Wildman–Crippen LogP) is 3.33. The summed E-state index contributed by atoms with van der Waals surface area (Å²) in [5, 5.41) is 4.19. The number of H-pyrrole nitrogens is 1. The maximum Gasteiger partial charge on any atom is 0.253 e. The minimum atomic E-state index is 0.0829. The molecule has 2 aromatic heterocycles. The van der Waals surface area contributed by atoms with E-state index in [1.54, 1.807) is 0 Å². The van der Waals surface area contributed by atoms with E-state index in [1.165, 1.54) is 0 Å². The molecule has 0 spiro atoms. The van der Waals surface area contributed by atoms with Crippen LogP contribution in [0.3, 0.4) is 0 Å². The van der Waals surface area contributed by atoms with Gasteiger partial charge in [-0.15, -0.1) is 0 Å². The van der Waals surface area contributed by atoms with Gasteiger partial charge in [-0.3, -0.25) is 9.69 Å². The highest BCUT2D eigenvalue weighted by Gasteiger charge is 2.21. The van der Waals surface area contributed by atoms with Crippen molar-refractivity contribution in [1.29, 1.82) is 0 Å². The van der Waals surface area contributed by atoms with Gasteiger partial charge >= 0.3 is 0 Å². The largest absolute Gasteiger partial charge is 0.361 e. The molecular weight excluding hydrogens is 354 g/mol. The van der Waals surface area contributed by atoms with Gasteiger partial charge in [0.1, 0.15) is 11.6 Å². The van der Waals surface area contributed by atoms with Crippen LogP contribution in [-0.4, -0.2) is 57.0 Å². The number of hydrogen-bond donors (Lipinski definition) is 1. The number of amides is 1. The lowest BCUT2D eigenvalue weighted by atomic mass is 10.1. The molecule has 1 amide bonds.